The van der Waals surface area contributed by atoms with E-state index in [2.05, 4.69) is 20.2 Å². The number of nitrogens with one attached hydrogen (secondary N) is 1. The van der Waals surface area contributed by atoms with Gasteiger partial charge in [-0.3, -0.25) is 4.90 Å². The minimum absolute atomic E-state index is 0.280. The average Bonchev–Trinajstić information content (AvgIpc) is 2.66. The molecule has 1 fully saturated rings. The van der Waals surface area contributed by atoms with Gasteiger partial charge in [0.25, 0.3) is 0 Å². The van der Waals surface area contributed by atoms with E-state index in [9.17, 15) is 0 Å². The number of hydrogen-bond acceptors (Lipinski definition) is 6. The summed E-state index contributed by atoms with van der Waals surface area (Å²) in [6.45, 7) is 9.78. The van der Waals surface area contributed by atoms with Crippen molar-refractivity contribution in [1.82, 2.24) is 14.9 Å². The van der Waals surface area contributed by atoms with Crippen LogP contribution in [0.15, 0.2) is 18.2 Å². The lowest BCUT2D eigenvalue weighted by molar-refractivity contribution is 0.210. The van der Waals surface area contributed by atoms with Gasteiger partial charge < -0.3 is 14.8 Å². The molecular weight excluding hydrogens is 411 g/mol. The van der Waals surface area contributed by atoms with Crippen LogP contribution in [-0.4, -0.2) is 47.2 Å². The molecule has 29 heavy (non-hydrogen) atoms. The molecule has 0 atom stereocenters. The molecule has 8 heteroatoms. The minimum Gasteiger partial charge on any atom is -0.492 e. The van der Waals surface area contributed by atoms with Gasteiger partial charge in [0.1, 0.15) is 22.3 Å². The predicted octanol–water partition coefficient (Wildman–Crippen LogP) is 4.97. The maximum atomic E-state index is 6.41. The van der Waals surface area contributed by atoms with Crippen molar-refractivity contribution in [3.63, 3.8) is 0 Å². The van der Waals surface area contributed by atoms with Crippen LogP contribution in [0.3, 0.4) is 0 Å². The number of halogens is 2. The molecule has 1 aliphatic rings. The number of piperidine rings is 1. The molecule has 3 rings (SSSR count). The van der Waals surface area contributed by atoms with Crippen molar-refractivity contribution in [3.8, 4) is 11.5 Å². The van der Waals surface area contributed by atoms with Gasteiger partial charge in [0.05, 0.1) is 13.2 Å². The highest BCUT2D eigenvalue weighted by atomic mass is 35.5. The van der Waals surface area contributed by atoms with Gasteiger partial charge in [-0.1, -0.05) is 11.6 Å². The first-order chi connectivity index (χ1) is 14.0. The molecule has 1 aromatic carbocycles. The fourth-order valence-corrected chi connectivity index (χ4v) is 3.99. The van der Waals surface area contributed by atoms with Crippen LogP contribution in [0.4, 0.5) is 5.82 Å². The number of aromatic nitrogens is 2. The quantitative estimate of drug-likeness (QED) is 0.587. The second-order valence-electron chi connectivity index (χ2n) is 7.13. The van der Waals surface area contributed by atoms with Crippen molar-refractivity contribution >= 4 is 29.0 Å². The van der Waals surface area contributed by atoms with Crippen LogP contribution in [0, 0.1) is 6.92 Å². The summed E-state index contributed by atoms with van der Waals surface area (Å²) in [5.74, 6) is 2.16. The van der Waals surface area contributed by atoms with Gasteiger partial charge >= 0.3 is 0 Å². The third kappa shape index (κ3) is 6.11. The topological polar surface area (TPSA) is 59.5 Å². The fourth-order valence-electron chi connectivity index (χ4n) is 3.55. The highest BCUT2D eigenvalue weighted by molar-refractivity contribution is 6.33. The first-order valence-corrected chi connectivity index (χ1v) is 10.8. The molecule has 0 aliphatic carbocycles. The Bertz CT molecular complexity index is 779. The largest absolute Gasteiger partial charge is 0.492 e. The van der Waals surface area contributed by atoms with Crippen LogP contribution in [0.1, 0.15) is 37.9 Å². The molecule has 2 heterocycles. The lowest BCUT2D eigenvalue weighted by Crippen LogP contribution is -2.38. The Morgan fingerprint density at radius 1 is 1.03 bits per heavy atom. The van der Waals surface area contributed by atoms with E-state index in [1.807, 2.05) is 39.0 Å². The van der Waals surface area contributed by atoms with Gasteiger partial charge in [0, 0.05) is 37.4 Å². The van der Waals surface area contributed by atoms with E-state index < -0.39 is 0 Å². The summed E-state index contributed by atoms with van der Waals surface area (Å²) < 4.78 is 11.4. The first-order valence-electron chi connectivity index (χ1n) is 10.1. The molecule has 1 aliphatic heterocycles. The second kappa shape index (κ2) is 10.3. The maximum absolute atomic E-state index is 6.41. The zero-order valence-electron chi connectivity index (χ0n) is 17.2. The van der Waals surface area contributed by atoms with Crippen LogP contribution >= 0.6 is 23.2 Å². The van der Waals surface area contributed by atoms with Gasteiger partial charge in [-0.15, -0.1) is 0 Å². The average molecular weight is 439 g/mol. The predicted molar refractivity (Wildman–Crippen MR) is 117 cm³/mol. The Labute approximate surface area is 182 Å². The summed E-state index contributed by atoms with van der Waals surface area (Å²) in [6.07, 6.45) is 2.07. The monoisotopic (exact) mass is 438 g/mol. The minimum atomic E-state index is 0.280. The number of likely N-dealkylation sites (tertiary alicyclic amines) is 1. The molecular formula is C21H28Cl2N4O2. The van der Waals surface area contributed by atoms with Gasteiger partial charge in [-0.05, 0) is 62.9 Å². The van der Waals surface area contributed by atoms with Crippen LogP contribution in [0.5, 0.6) is 11.5 Å². The van der Waals surface area contributed by atoms with Crippen molar-refractivity contribution in [3.05, 3.63) is 39.8 Å². The van der Waals surface area contributed by atoms with E-state index in [0.717, 1.165) is 49.6 Å². The summed E-state index contributed by atoms with van der Waals surface area (Å²) in [6, 6.07) is 6.34. The van der Waals surface area contributed by atoms with Crippen molar-refractivity contribution in [1.29, 1.82) is 0 Å². The molecule has 0 bridgehead atoms. The van der Waals surface area contributed by atoms with Gasteiger partial charge in [0.15, 0.2) is 0 Å². The Morgan fingerprint density at radius 3 is 2.21 bits per heavy atom. The van der Waals surface area contributed by atoms with Crippen molar-refractivity contribution in [2.24, 2.45) is 0 Å². The molecule has 6 nitrogen and oxygen atoms in total. The van der Waals surface area contributed by atoms with E-state index in [1.54, 1.807) is 0 Å². The number of hydrogen-bond donors (Lipinski definition) is 1. The molecule has 0 saturated carbocycles. The van der Waals surface area contributed by atoms with Crippen molar-refractivity contribution < 1.29 is 9.47 Å². The zero-order chi connectivity index (χ0) is 20.8. The highest BCUT2D eigenvalue weighted by Gasteiger charge is 2.21. The van der Waals surface area contributed by atoms with Gasteiger partial charge in [-0.25, -0.2) is 9.97 Å². The maximum Gasteiger partial charge on any atom is 0.224 e. The molecule has 158 valence electrons. The number of rotatable bonds is 8. The first kappa shape index (κ1) is 21.9. The molecule has 2 aromatic rings. The number of ether oxygens (including phenoxy) is 2. The zero-order valence-corrected chi connectivity index (χ0v) is 18.7. The smallest absolute Gasteiger partial charge is 0.224 e. The number of aryl methyl sites for hydroxylation is 1. The summed E-state index contributed by atoms with van der Waals surface area (Å²) in [4.78, 5) is 10.8. The van der Waals surface area contributed by atoms with Crippen LogP contribution in [-0.2, 0) is 6.54 Å². The lowest BCUT2D eigenvalue weighted by Gasteiger charge is -2.32. The highest BCUT2D eigenvalue weighted by Crippen LogP contribution is 2.36. The molecule has 0 spiro atoms. The molecule has 1 N–H and O–H groups in total. The summed E-state index contributed by atoms with van der Waals surface area (Å²) in [5.41, 5.74) is 2.01. The molecule has 1 saturated heterocycles. The van der Waals surface area contributed by atoms with Gasteiger partial charge in [-0.2, -0.15) is 0 Å². The van der Waals surface area contributed by atoms with E-state index in [4.69, 9.17) is 32.7 Å². The molecule has 0 unspecified atom stereocenters. The number of benzene rings is 1. The van der Waals surface area contributed by atoms with E-state index >= 15 is 0 Å². The van der Waals surface area contributed by atoms with E-state index in [0.29, 0.717) is 35.8 Å². The van der Waals surface area contributed by atoms with Crippen molar-refractivity contribution in [2.45, 2.75) is 46.2 Å². The molecule has 0 radical (unpaired) electrons. The van der Waals surface area contributed by atoms with Crippen LogP contribution < -0.4 is 14.8 Å². The molecule has 0 amide bonds. The molecule has 1 aromatic heterocycles. The summed E-state index contributed by atoms with van der Waals surface area (Å²) in [7, 11) is 0. The lowest BCUT2D eigenvalue weighted by atomic mass is 10.0. The Hall–Kier alpha value is -1.76. The normalized spacial score (nSPS) is 15.3. The summed E-state index contributed by atoms with van der Waals surface area (Å²) >= 11 is 12.4. The third-order valence-corrected chi connectivity index (χ3v) is 5.38. The number of anilines is 1. The third-order valence-electron chi connectivity index (χ3n) is 4.84. The van der Waals surface area contributed by atoms with Crippen LogP contribution in [0.25, 0.3) is 0 Å². The van der Waals surface area contributed by atoms with Gasteiger partial charge in [0.2, 0.25) is 5.28 Å². The van der Waals surface area contributed by atoms with Crippen molar-refractivity contribution in [2.75, 3.05) is 31.6 Å². The SMILES string of the molecule is CCOc1cc(CN2CCC(Nc3cc(C)nc(Cl)n3)CC2)cc(OCC)c1Cl. The Balaban J connectivity index is 1.60. The van der Waals surface area contributed by atoms with E-state index in [-0.39, 0.29) is 5.28 Å². The number of nitrogens with zero attached hydrogens (tertiary/aromatic N) is 3. The fraction of sp³-hybridized carbons (Fsp3) is 0.524. The Kier molecular flexibility index (Phi) is 7.81. The Morgan fingerprint density at radius 2 is 1.66 bits per heavy atom. The standard InChI is InChI=1S/C21H28Cl2N4O2/c1-4-28-17-11-15(12-18(20(17)22)29-5-2)13-27-8-6-16(7-9-27)25-19-10-14(3)24-21(23)26-19/h10-12,16H,4-9,13H2,1-3H3,(H,24,25,26). The van der Waals surface area contributed by atoms with Crippen LogP contribution in [0.2, 0.25) is 10.3 Å². The second-order valence-corrected chi connectivity index (χ2v) is 7.85. The summed E-state index contributed by atoms with van der Waals surface area (Å²) in [5, 5.41) is 4.31. The van der Waals surface area contributed by atoms with E-state index in [1.165, 1.54) is 0 Å².